The van der Waals surface area contributed by atoms with Gasteiger partial charge in [0, 0.05) is 24.7 Å². The van der Waals surface area contributed by atoms with Crippen molar-refractivity contribution in [2.75, 3.05) is 53.4 Å². The van der Waals surface area contributed by atoms with Crippen LogP contribution < -0.4 is 0 Å². The Labute approximate surface area is 127 Å². The van der Waals surface area contributed by atoms with Crippen molar-refractivity contribution in [1.29, 1.82) is 0 Å². The molecule has 0 bridgehead atoms. The van der Waals surface area contributed by atoms with Gasteiger partial charge in [-0.15, -0.1) is 0 Å². The highest BCUT2D eigenvalue weighted by Crippen LogP contribution is 2.39. The van der Waals surface area contributed by atoms with E-state index >= 15 is 0 Å². The highest BCUT2D eigenvalue weighted by Gasteiger charge is 2.42. The lowest BCUT2D eigenvalue weighted by Gasteiger charge is -2.33. The molecular formula is C18H38N2+2. The Bertz CT molecular complexity index is 282. The summed E-state index contributed by atoms with van der Waals surface area (Å²) in [6, 6.07) is 0. The molecule has 0 aromatic heterocycles. The first kappa shape index (κ1) is 16.3. The van der Waals surface area contributed by atoms with Gasteiger partial charge in [0.1, 0.15) is 0 Å². The van der Waals surface area contributed by atoms with Crippen molar-refractivity contribution >= 4 is 0 Å². The molecule has 20 heavy (non-hydrogen) atoms. The Morgan fingerprint density at radius 3 is 2.00 bits per heavy atom. The highest BCUT2D eigenvalue weighted by molar-refractivity contribution is 4.80. The van der Waals surface area contributed by atoms with Gasteiger partial charge >= 0.3 is 0 Å². The monoisotopic (exact) mass is 282 g/mol. The normalized spacial score (nSPS) is 34.2. The summed E-state index contributed by atoms with van der Waals surface area (Å²) in [6.07, 6.45) is 8.91. The molecule has 1 saturated carbocycles. The number of hydrogen-bond acceptors (Lipinski definition) is 0. The molecule has 118 valence electrons. The molecule has 0 radical (unpaired) electrons. The Morgan fingerprint density at radius 1 is 0.950 bits per heavy atom. The largest absolute Gasteiger partial charge is 0.326 e. The van der Waals surface area contributed by atoms with E-state index in [2.05, 4.69) is 27.9 Å². The van der Waals surface area contributed by atoms with Crippen LogP contribution in [0.5, 0.6) is 0 Å². The lowest BCUT2D eigenvalue weighted by atomic mass is 9.82. The van der Waals surface area contributed by atoms with Gasteiger partial charge in [-0.1, -0.05) is 12.8 Å². The number of quaternary nitrogens is 2. The van der Waals surface area contributed by atoms with Gasteiger partial charge in [0.15, 0.2) is 0 Å². The van der Waals surface area contributed by atoms with E-state index in [-0.39, 0.29) is 0 Å². The van der Waals surface area contributed by atoms with Crippen LogP contribution in [0.15, 0.2) is 0 Å². The van der Waals surface area contributed by atoms with Crippen LogP contribution in [0.4, 0.5) is 0 Å². The van der Waals surface area contributed by atoms with Crippen LogP contribution in [0.25, 0.3) is 0 Å². The van der Waals surface area contributed by atoms with E-state index in [4.69, 9.17) is 0 Å². The summed E-state index contributed by atoms with van der Waals surface area (Å²) in [6.45, 7) is 13.0. The van der Waals surface area contributed by atoms with Gasteiger partial charge in [0.25, 0.3) is 0 Å². The Kier molecular flexibility index (Phi) is 5.53. The van der Waals surface area contributed by atoms with Gasteiger partial charge in [-0.25, -0.2) is 0 Å². The Morgan fingerprint density at radius 2 is 1.50 bits per heavy atom. The van der Waals surface area contributed by atoms with Crippen molar-refractivity contribution in [3.63, 3.8) is 0 Å². The van der Waals surface area contributed by atoms with Crippen molar-refractivity contribution in [3.05, 3.63) is 0 Å². The maximum atomic E-state index is 2.53. The molecule has 1 aliphatic carbocycles. The minimum absolute atomic E-state index is 1.07. The second-order valence-electron chi connectivity index (χ2n) is 8.20. The standard InChI is InChI=1S/C18H38N2/c1-5-19(3,6-2)13-9-10-14-20(4)15-17-11-7-8-12-18(17)16-20/h17-18H,5-16H2,1-4H3/q+2. The molecule has 0 amide bonds. The lowest BCUT2D eigenvalue weighted by molar-refractivity contribution is -0.910. The van der Waals surface area contributed by atoms with Crippen LogP contribution in [0.3, 0.4) is 0 Å². The third kappa shape index (κ3) is 3.98. The summed E-state index contributed by atoms with van der Waals surface area (Å²) in [5, 5.41) is 0. The molecule has 2 atom stereocenters. The molecule has 1 aliphatic heterocycles. The molecule has 0 N–H and O–H groups in total. The van der Waals surface area contributed by atoms with E-state index in [1.807, 2.05) is 0 Å². The maximum absolute atomic E-state index is 2.53. The zero-order chi connectivity index (χ0) is 14.6. The van der Waals surface area contributed by atoms with Crippen LogP contribution in [0, 0.1) is 11.8 Å². The second kappa shape index (κ2) is 6.79. The second-order valence-corrected chi connectivity index (χ2v) is 8.20. The van der Waals surface area contributed by atoms with E-state index in [0.717, 1.165) is 11.8 Å². The van der Waals surface area contributed by atoms with Crippen molar-refractivity contribution in [3.8, 4) is 0 Å². The van der Waals surface area contributed by atoms with Gasteiger partial charge in [-0.3, -0.25) is 0 Å². The van der Waals surface area contributed by atoms with Gasteiger partial charge < -0.3 is 8.97 Å². The molecule has 1 saturated heterocycles. The fourth-order valence-electron chi connectivity index (χ4n) is 4.68. The summed E-state index contributed by atoms with van der Waals surface area (Å²) < 4.78 is 2.65. The summed E-state index contributed by atoms with van der Waals surface area (Å²) >= 11 is 0. The Hall–Kier alpha value is -0.0800. The van der Waals surface area contributed by atoms with E-state index in [9.17, 15) is 0 Å². The van der Waals surface area contributed by atoms with Crippen molar-refractivity contribution in [2.24, 2.45) is 11.8 Å². The molecular weight excluding hydrogens is 244 g/mol. The third-order valence-electron chi connectivity index (χ3n) is 6.59. The summed E-state index contributed by atoms with van der Waals surface area (Å²) in [4.78, 5) is 0. The molecule has 2 rings (SSSR count). The average molecular weight is 283 g/mol. The minimum atomic E-state index is 1.07. The van der Waals surface area contributed by atoms with E-state index in [1.54, 1.807) is 0 Å². The molecule has 1 heterocycles. The molecule has 0 aromatic rings. The van der Waals surface area contributed by atoms with Crippen molar-refractivity contribution in [1.82, 2.24) is 0 Å². The molecule has 2 unspecified atom stereocenters. The molecule has 0 spiro atoms. The van der Waals surface area contributed by atoms with E-state index in [1.165, 1.54) is 86.8 Å². The highest BCUT2D eigenvalue weighted by atomic mass is 15.4. The molecule has 0 aromatic carbocycles. The van der Waals surface area contributed by atoms with Crippen LogP contribution in [0.2, 0.25) is 0 Å². The maximum Gasteiger partial charge on any atom is 0.0818 e. The summed E-state index contributed by atoms with van der Waals surface area (Å²) in [5.74, 6) is 2.14. The number of rotatable bonds is 7. The topological polar surface area (TPSA) is 0 Å². The first-order valence-corrected chi connectivity index (χ1v) is 9.17. The predicted octanol–water partition coefficient (Wildman–Crippen LogP) is 3.52. The van der Waals surface area contributed by atoms with Crippen LogP contribution in [-0.4, -0.2) is 62.3 Å². The predicted molar refractivity (Wildman–Crippen MR) is 87.6 cm³/mol. The zero-order valence-corrected chi connectivity index (χ0v) is 14.5. The summed E-state index contributed by atoms with van der Waals surface area (Å²) in [5.41, 5.74) is 0. The fraction of sp³-hybridized carbons (Fsp3) is 1.00. The lowest BCUT2D eigenvalue weighted by Crippen LogP contribution is -2.45. The first-order valence-electron chi connectivity index (χ1n) is 9.17. The molecule has 2 nitrogen and oxygen atoms in total. The van der Waals surface area contributed by atoms with Crippen LogP contribution in [-0.2, 0) is 0 Å². The van der Waals surface area contributed by atoms with Crippen molar-refractivity contribution in [2.45, 2.75) is 52.4 Å². The quantitative estimate of drug-likeness (QED) is 0.495. The summed E-state index contributed by atoms with van der Waals surface area (Å²) in [7, 11) is 4.95. The molecule has 2 aliphatic rings. The smallest absolute Gasteiger partial charge is 0.0818 e. The number of nitrogens with zero attached hydrogens (tertiary/aromatic N) is 2. The van der Waals surface area contributed by atoms with Gasteiger partial charge in [0.2, 0.25) is 0 Å². The number of unbranched alkanes of at least 4 members (excludes halogenated alkanes) is 1. The number of hydrogen-bond donors (Lipinski definition) is 0. The zero-order valence-electron chi connectivity index (χ0n) is 14.5. The van der Waals surface area contributed by atoms with Crippen LogP contribution >= 0.6 is 0 Å². The number of fused-ring (bicyclic) bond motifs is 1. The molecule has 2 fully saturated rings. The van der Waals surface area contributed by atoms with Gasteiger partial charge in [-0.2, -0.15) is 0 Å². The molecule has 2 heteroatoms. The minimum Gasteiger partial charge on any atom is -0.326 e. The van der Waals surface area contributed by atoms with Crippen molar-refractivity contribution < 1.29 is 8.97 Å². The Balaban J connectivity index is 1.71. The first-order chi connectivity index (χ1) is 9.50. The van der Waals surface area contributed by atoms with Crippen LogP contribution in [0.1, 0.15) is 52.4 Å². The average Bonchev–Trinajstić information content (AvgIpc) is 2.80. The van der Waals surface area contributed by atoms with E-state index in [0.29, 0.717) is 0 Å². The third-order valence-corrected chi connectivity index (χ3v) is 6.59. The van der Waals surface area contributed by atoms with E-state index < -0.39 is 0 Å². The van der Waals surface area contributed by atoms with Gasteiger partial charge in [0.05, 0.1) is 53.4 Å². The number of likely N-dealkylation sites (tertiary alicyclic amines) is 1. The SMILES string of the molecule is CC[N+](C)(CC)CCCC[N+]1(C)CC2CCCCC2C1. The fourth-order valence-corrected chi connectivity index (χ4v) is 4.68. The van der Waals surface area contributed by atoms with Gasteiger partial charge in [-0.05, 0) is 26.7 Å².